The maximum atomic E-state index is 13.2. The van der Waals surface area contributed by atoms with Gasteiger partial charge in [0.25, 0.3) is 5.91 Å². The van der Waals surface area contributed by atoms with Crippen LogP contribution in [-0.4, -0.2) is 27.6 Å². The van der Waals surface area contributed by atoms with E-state index >= 15 is 0 Å². The van der Waals surface area contributed by atoms with Gasteiger partial charge in [0.05, 0.1) is 5.52 Å². The molecule has 0 fully saturated rings. The molecular formula is C13H13FN2O3. The van der Waals surface area contributed by atoms with Crippen LogP contribution in [-0.2, 0) is 11.8 Å². The molecule has 0 unspecified atom stereocenters. The average molecular weight is 264 g/mol. The Balaban J connectivity index is 2.37. The lowest BCUT2D eigenvalue weighted by Gasteiger charge is -2.09. The van der Waals surface area contributed by atoms with Crippen molar-refractivity contribution in [3.63, 3.8) is 0 Å². The van der Waals surface area contributed by atoms with Gasteiger partial charge in [-0.25, -0.2) is 4.39 Å². The van der Waals surface area contributed by atoms with Crippen molar-refractivity contribution < 1.29 is 19.1 Å². The van der Waals surface area contributed by atoms with Crippen LogP contribution in [0.5, 0.6) is 0 Å². The molecule has 0 aliphatic carbocycles. The number of aromatic nitrogens is 1. The Kier molecular flexibility index (Phi) is 3.25. The maximum absolute atomic E-state index is 13.2. The summed E-state index contributed by atoms with van der Waals surface area (Å²) in [6.45, 7) is 1.38. The van der Waals surface area contributed by atoms with Crippen LogP contribution in [0.15, 0.2) is 24.3 Å². The highest BCUT2D eigenvalue weighted by Gasteiger charge is 2.18. The van der Waals surface area contributed by atoms with Crippen molar-refractivity contribution in [2.45, 2.75) is 13.0 Å². The molecule has 0 radical (unpaired) electrons. The predicted octanol–water partition coefficient (Wildman–Crippen LogP) is 1.52. The lowest BCUT2D eigenvalue weighted by Crippen LogP contribution is -2.39. The SMILES string of the molecule is C[C@H](NC(=O)c1cc2ccc(F)cc2n1C)C(=O)O. The summed E-state index contributed by atoms with van der Waals surface area (Å²) in [6.07, 6.45) is 0. The van der Waals surface area contributed by atoms with E-state index in [9.17, 15) is 14.0 Å². The van der Waals surface area contributed by atoms with Crippen LogP contribution in [0.25, 0.3) is 10.9 Å². The topological polar surface area (TPSA) is 71.3 Å². The van der Waals surface area contributed by atoms with Gasteiger partial charge in [-0.15, -0.1) is 0 Å². The summed E-state index contributed by atoms with van der Waals surface area (Å²) < 4.78 is 14.7. The second kappa shape index (κ2) is 4.72. The first kappa shape index (κ1) is 13.1. The number of hydrogen-bond donors (Lipinski definition) is 2. The molecule has 0 bridgehead atoms. The molecule has 2 N–H and O–H groups in total. The van der Waals surface area contributed by atoms with Crippen molar-refractivity contribution in [1.82, 2.24) is 9.88 Å². The summed E-state index contributed by atoms with van der Waals surface area (Å²) in [4.78, 5) is 22.6. The molecule has 5 nitrogen and oxygen atoms in total. The smallest absolute Gasteiger partial charge is 0.325 e. The van der Waals surface area contributed by atoms with Crippen LogP contribution in [0.2, 0.25) is 0 Å². The number of amides is 1. The Morgan fingerprint density at radius 1 is 1.37 bits per heavy atom. The highest BCUT2D eigenvalue weighted by atomic mass is 19.1. The van der Waals surface area contributed by atoms with Gasteiger partial charge >= 0.3 is 5.97 Å². The molecule has 1 aromatic carbocycles. The van der Waals surface area contributed by atoms with Gasteiger partial charge in [0.15, 0.2) is 0 Å². The highest BCUT2D eigenvalue weighted by molar-refractivity contribution is 6.00. The van der Waals surface area contributed by atoms with E-state index in [1.807, 2.05) is 0 Å². The number of rotatable bonds is 3. The lowest BCUT2D eigenvalue weighted by molar-refractivity contribution is -0.138. The minimum atomic E-state index is -1.11. The number of aliphatic carboxylic acids is 1. The van der Waals surface area contributed by atoms with Crippen molar-refractivity contribution in [3.8, 4) is 0 Å². The third-order valence-electron chi connectivity index (χ3n) is 2.96. The molecule has 0 aliphatic rings. The quantitative estimate of drug-likeness (QED) is 0.883. The van der Waals surface area contributed by atoms with Crippen molar-refractivity contribution in [3.05, 3.63) is 35.8 Å². The summed E-state index contributed by atoms with van der Waals surface area (Å²) in [5.41, 5.74) is 0.863. The Hall–Kier alpha value is -2.37. The van der Waals surface area contributed by atoms with Crippen LogP contribution in [0.4, 0.5) is 4.39 Å². The van der Waals surface area contributed by atoms with Gasteiger partial charge < -0.3 is 15.0 Å². The Morgan fingerprint density at radius 3 is 2.68 bits per heavy atom. The summed E-state index contributed by atoms with van der Waals surface area (Å²) in [6, 6.07) is 4.82. The van der Waals surface area contributed by atoms with E-state index in [0.29, 0.717) is 5.52 Å². The first-order valence-corrected chi connectivity index (χ1v) is 5.69. The van der Waals surface area contributed by atoms with Gasteiger partial charge in [-0.05, 0) is 31.2 Å². The number of halogens is 1. The third kappa shape index (κ3) is 2.42. The van der Waals surface area contributed by atoms with Crippen molar-refractivity contribution in [2.75, 3.05) is 0 Å². The van der Waals surface area contributed by atoms with Crippen molar-refractivity contribution in [2.24, 2.45) is 7.05 Å². The molecule has 1 heterocycles. The number of benzene rings is 1. The number of aryl methyl sites for hydroxylation is 1. The Labute approximate surface area is 108 Å². The number of fused-ring (bicyclic) bond motifs is 1. The second-order valence-corrected chi connectivity index (χ2v) is 4.33. The zero-order chi connectivity index (χ0) is 14.2. The number of carbonyl (C=O) groups excluding carboxylic acids is 1. The van der Waals surface area contributed by atoms with E-state index in [-0.39, 0.29) is 11.5 Å². The van der Waals surface area contributed by atoms with Gasteiger partial charge in [-0.3, -0.25) is 9.59 Å². The summed E-state index contributed by atoms with van der Waals surface area (Å²) in [7, 11) is 1.63. The van der Waals surface area contributed by atoms with E-state index in [2.05, 4.69) is 5.32 Å². The van der Waals surface area contributed by atoms with E-state index < -0.39 is 17.9 Å². The molecule has 6 heteroatoms. The monoisotopic (exact) mass is 264 g/mol. The Morgan fingerprint density at radius 2 is 2.05 bits per heavy atom. The summed E-state index contributed by atoms with van der Waals surface area (Å²) in [5, 5.41) is 11.8. The van der Waals surface area contributed by atoms with Gasteiger partial charge in [0.2, 0.25) is 0 Å². The number of carbonyl (C=O) groups is 2. The fourth-order valence-electron chi connectivity index (χ4n) is 1.85. The van der Waals surface area contributed by atoms with Crippen LogP contribution in [0.1, 0.15) is 17.4 Å². The average Bonchev–Trinajstić information content (AvgIpc) is 2.66. The largest absolute Gasteiger partial charge is 0.480 e. The van der Waals surface area contributed by atoms with Crippen molar-refractivity contribution >= 4 is 22.8 Å². The maximum Gasteiger partial charge on any atom is 0.325 e. The number of carboxylic acids is 1. The first-order valence-electron chi connectivity index (χ1n) is 5.69. The molecule has 1 aromatic heterocycles. The summed E-state index contributed by atoms with van der Waals surface area (Å²) in [5.74, 6) is -2.01. The third-order valence-corrected chi connectivity index (χ3v) is 2.96. The van der Waals surface area contributed by atoms with Crippen LogP contribution in [0, 0.1) is 5.82 Å². The number of nitrogens with one attached hydrogen (secondary N) is 1. The molecule has 0 saturated carbocycles. The minimum Gasteiger partial charge on any atom is -0.480 e. The van der Waals surface area contributed by atoms with E-state index in [1.54, 1.807) is 19.2 Å². The predicted molar refractivity (Wildman–Crippen MR) is 67.4 cm³/mol. The van der Waals surface area contributed by atoms with Gasteiger partial charge in [0, 0.05) is 12.4 Å². The zero-order valence-corrected chi connectivity index (χ0v) is 10.5. The van der Waals surface area contributed by atoms with E-state index in [4.69, 9.17) is 5.11 Å². The molecule has 1 atom stereocenters. The second-order valence-electron chi connectivity index (χ2n) is 4.33. The molecule has 19 heavy (non-hydrogen) atoms. The number of carboxylic acid groups (broad SMARTS) is 1. The molecule has 0 saturated heterocycles. The molecule has 2 rings (SSSR count). The minimum absolute atomic E-state index is 0.286. The Bertz CT molecular complexity index is 663. The standard InChI is InChI=1S/C13H13FN2O3/c1-7(13(18)19)15-12(17)11-5-8-3-4-9(14)6-10(8)16(11)2/h3-7H,1-2H3,(H,15,17)(H,18,19)/t7-/m0/s1. The van der Waals surface area contributed by atoms with Crippen LogP contribution < -0.4 is 5.32 Å². The molecule has 100 valence electrons. The van der Waals surface area contributed by atoms with Crippen LogP contribution in [0.3, 0.4) is 0 Å². The van der Waals surface area contributed by atoms with Gasteiger partial charge in [0.1, 0.15) is 17.6 Å². The molecule has 0 aliphatic heterocycles. The van der Waals surface area contributed by atoms with Gasteiger partial charge in [-0.1, -0.05) is 0 Å². The van der Waals surface area contributed by atoms with Crippen molar-refractivity contribution in [1.29, 1.82) is 0 Å². The fraction of sp³-hybridized carbons (Fsp3) is 0.231. The first-order chi connectivity index (χ1) is 8.90. The zero-order valence-electron chi connectivity index (χ0n) is 10.5. The number of nitrogens with zero attached hydrogens (tertiary/aromatic N) is 1. The van der Waals surface area contributed by atoms with E-state index in [0.717, 1.165) is 5.39 Å². The summed E-state index contributed by atoms with van der Waals surface area (Å²) >= 11 is 0. The normalized spacial score (nSPS) is 12.4. The lowest BCUT2D eigenvalue weighted by atomic mass is 10.2. The highest BCUT2D eigenvalue weighted by Crippen LogP contribution is 2.19. The fourth-order valence-corrected chi connectivity index (χ4v) is 1.85. The number of hydrogen-bond acceptors (Lipinski definition) is 2. The molecule has 0 spiro atoms. The van der Waals surface area contributed by atoms with Crippen LogP contribution >= 0.6 is 0 Å². The van der Waals surface area contributed by atoms with E-state index in [1.165, 1.54) is 23.6 Å². The molecular weight excluding hydrogens is 251 g/mol. The van der Waals surface area contributed by atoms with Gasteiger partial charge in [-0.2, -0.15) is 0 Å². The molecule has 2 aromatic rings. The molecule has 1 amide bonds.